The Balaban J connectivity index is 2.02. The predicted molar refractivity (Wildman–Crippen MR) is 74.0 cm³/mol. The van der Waals surface area contributed by atoms with Gasteiger partial charge in [0.05, 0.1) is 20.8 Å². The molecule has 126 valence electrons. The SMILES string of the molecule is COc1ccc(CN(C)Cc2nnc(C(F)(F)F)o2)cc1OC. The van der Waals surface area contributed by atoms with E-state index in [-0.39, 0.29) is 12.4 Å². The molecule has 0 radical (unpaired) electrons. The Kier molecular flexibility index (Phi) is 5.09. The van der Waals surface area contributed by atoms with E-state index in [9.17, 15) is 13.2 Å². The number of methoxy groups -OCH3 is 2. The van der Waals surface area contributed by atoms with Crippen molar-refractivity contribution < 1.29 is 27.1 Å². The first-order valence-corrected chi connectivity index (χ1v) is 6.62. The van der Waals surface area contributed by atoms with Crippen molar-refractivity contribution in [3.05, 3.63) is 35.5 Å². The van der Waals surface area contributed by atoms with E-state index in [2.05, 4.69) is 14.6 Å². The summed E-state index contributed by atoms with van der Waals surface area (Å²) >= 11 is 0. The van der Waals surface area contributed by atoms with Gasteiger partial charge >= 0.3 is 12.1 Å². The monoisotopic (exact) mass is 331 g/mol. The van der Waals surface area contributed by atoms with E-state index in [0.717, 1.165) is 5.56 Å². The zero-order chi connectivity index (χ0) is 17.0. The quantitative estimate of drug-likeness (QED) is 0.811. The molecule has 2 aromatic rings. The van der Waals surface area contributed by atoms with Gasteiger partial charge < -0.3 is 13.9 Å². The van der Waals surface area contributed by atoms with Crippen molar-refractivity contribution in [1.82, 2.24) is 15.1 Å². The summed E-state index contributed by atoms with van der Waals surface area (Å²) in [6, 6.07) is 5.40. The first kappa shape index (κ1) is 17.1. The van der Waals surface area contributed by atoms with Crippen molar-refractivity contribution in [2.24, 2.45) is 0 Å². The fraction of sp³-hybridized carbons (Fsp3) is 0.429. The van der Waals surface area contributed by atoms with Crippen molar-refractivity contribution in [3.8, 4) is 11.5 Å². The lowest BCUT2D eigenvalue weighted by atomic mass is 10.2. The number of alkyl halides is 3. The number of rotatable bonds is 6. The van der Waals surface area contributed by atoms with Crippen LogP contribution in [-0.4, -0.2) is 36.4 Å². The lowest BCUT2D eigenvalue weighted by Gasteiger charge is -2.16. The second-order valence-corrected chi connectivity index (χ2v) is 4.86. The van der Waals surface area contributed by atoms with Crippen LogP contribution in [0.15, 0.2) is 22.6 Å². The van der Waals surface area contributed by atoms with Gasteiger partial charge in [0.1, 0.15) is 0 Å². The minimum Gasteiger partial charge on any atom is -0.493 e. The second-order valence-electron chi connectivity index (χ2n) is 4.86. The van der Waals surface area contributed by atoms with E-state index in [1.807, 2.05) is 6.07 Å². The summed E-state index contributed by atoms with van der Waals surface area (Å²) in [5, 5.41) is 6.40. The molecule has 1 aromatic heterocycles. The van der Waals surface area contributed by atoms with E-state index in [4.69, 9.17) is 9.47 Å². The number of hydrogen-bond donors (Lipinski definition) is 0. The van der Waals surface area contributed by atoms with Gasteiger partial charge in [-0.25, -0.2) is 0 Å². The van der Waals surface area contributed by atoms with Crippen LogP contribution in [0.3, 0.4) is 0 Å². The van der Waals surface area contributed by atoms with Crippen LogP contribution in [-0.2, 0) is 19.3 Å². The largest absolute Gasteiger partial charge is 0.493 e. The molecule has 0 saturated carbocycles. The van der Waals surface area contributed by atoms with Gasteiger partial charge in [0.2, 0.25) is 5.89 Å². The summed E-state index contributed by atoms with van der Waals surface area (Å²) < 4.78 is 52.2. The maximum atomic E-state index is 12.4. The molecule has 0 bridgehead atoms. The number of halogens is 3. The van der Waals surface area contributed by atoms with E-state index < -0.39 is 12.1 Å². The Morgan fingerprint density at radius 1 is 1.09 bits per heavy atom. The maximum Gasteiger partial charge on any atom is 0.470 e. The van der Waals surface area contributed by atoms with E-state index in [0.29, 0.717) is 18.0 Å². The van der Waals surface area contributed by atoms with E-state index in [1.54, 1.807) is 24.1 Å². The minimum atomic E-state index is -4.63. The smallest absolute Gasteiger partial charge is 0.470 e. The molecule has 0 spiro atoms. The third-order valence-corrected chi connectivity index (χ3v) is 3.01. The lowest BCUT2D eigenvalue weighted by Crippen LogP contribution is -2.17. The van der Waals surface area contributed by atoms with Crippen LogP contribution in [0, 0.1) is 0 Å². The summed E-state index contributed by atoms with van der Waals surface area (Å²) in [7, 11) is 4.80. The van der Waals surface area contributed by atoms with Crippen LogP contribution in [0.2, 0.25) is 0 Å². The van der Waals surface area contributed by atoms with Gasteiger partial charge in [0.15, 0.2) is 11.5 Å². The van der Waals surface area contributed by atoms with Crippen LogP contribution in [0.5, 0.6) is 11.5 Å². The fourth-order valence-electron chi connectivity index (χ4n) is 2.01. The summed E-state index contributed by atoms with van der Waals surface area (Å²) in [5.74, 6) is -0.256. The van der Waals surface area contributed by atoms with Gasteiger partial charge in [-0.3, -0.25) is 4.90 Å². The van der Waals surface area contributed by atoms with Crippen molar-refractivity contribution >= 4 is 0 Å². The molecule has 0 aliphatic rings. The molecule has 23 heavy (non-hydrogen) atoms. The highest BCUT2D eigenvalue weighted by atomic mass is 19.4. The molecule has 0 unspecified atom stereocenters. The van der Waals surface area contributed by atoms with Crippen molar-refractivity contribution in [2.75, 3.05) is 21.3 Å². The summed E-state index contributed by atoms with van der Waals surface area (Å²) in [6.45, 7) is 0.557. The standard InChI is InChI=1S/C14H16F3N3O3/c1-20(8-12-18-19-13(23-12)14(15,16)17)7-9-4-5-10(21-2)11(6-9)22-3/h4-6H,7-8H2,1-3H3. The molecule has 6 nitrogen and oxygen atoms in total. The molecule has 0 fully saturated rings. The fourth-order valence-corrected chi connectivity index (χ4v) is 2.01. The summed E-state index contributed by atoms with van der Waals surface area (Å²) in [4.78, 5) is 1.74. The summed E-state index contributed by atoms with van der Waals surface area (Å²) in [6.07, 6.45) is -4.63. The molecule has 0 aliphatic carbocycles. The molecule has 9 heteroatoms. The molecule has 0 atom stereocenters. The normalized spacial score (nSPS) is 11.8. The van der Waals surface area contributed by atoms with Crippen LogP contribution < -0.4 is 9.47 Å². The zero-order valence-electron chi connectivity index (χ0n) is 12.8. The molecule has 0 N–H and O–H groups in total. The average molecular weight is 331 g/mol. The number of benzene rings is 1. The molecule has 0 aliphatic heterocycles. The predicted octanol–water partition coefficient (Wildman–Crippen LogP) is 2.74. The number of nitrogens with zero attached hydrogens (tertiary/aromatic N) is 3. The lowest BCUT2D eigenvalue weighted by molar-refractivity contribution is -0.157. The van der Waals surface area contributed by atoms with Gasteiger partial charge in [-0.15, -0.1) is 10.2 Å². The molecular formula is C14H16F3N3O3. The first-order valence-electron chi connectivity index (χ1n) is 6.62. The van der Waals surface area contributed by atoms with Gasteiger partial charge in [0.25, 0.3) is 0 Å². The Bertz CT molecular complexity index is 658. The van der Waals surface area contributed by atoms with E-state index in [1.165, 1.54) is 14.2 Å². The highest BCUT2D eigenvalue weighted by Gasteiger charge is 2.38. The highest BCUT2D eigenvalue weighted by molar-refractivity contribution is 5.42. The molecule has 2 rings (SSSR count). The maximum absolute atomic E-state index is 12.4. The van der Waals surface area contributed by atoms with Crippen LogP contribution in [0.25, 0.3) is 0 Å². The molecule has 0 amide bonds. The van der Waals surface area contributed by atoms with Gasteiger partial charge in [-0.2, -0.15) is 13.2 Å². The third-order valence-electron chi connectivity index (χ3n) is 3.01. The Morgan fingerprint density at radius 3 is 2.35 bits per heavy atom. The Morgan fingerprint density at radius 2 is 1.78 bits per heavy atom. The van der Waals surface area contributed by atoms with Gasteiger partial charge in [0, 0.05) is 6.54 Å². The van der Waals surface area contributed by atoms with Crippen molar-refractivity contribution in [1.29, 1.82) is 0 Å². The number of ether oxygens (including phenoxy) is 2. The Hall–Kier alpha value is -2.29. The van der Waals surface area contributed by atoms with Gasteiger partial charge in [-0.05, 0) is 24.7 Å². The molecule has 1 heterocycles. The van der Waals surface area contributed by atoms with E-state index >= 15 is 0 Å². The van der Waals surface area contributed by atoms with Crippen molar-refractivity contribution in [3.63, 3.8) is 0 Å². The zero-order valence-corrected chi connectivity index (χ0v) is 12.8. The highest BCUT2D eigenvalue weighted by Crippen LogP contribution is 2.29. The third kappa shape index (κ3) is 4.35. The molecular weight excluding hydrogens is 315 g/mol. The first-order chi connectivity index (χ1) is 10.8. The Labute approximate surface area is 130 Å². The van der Waals surface area contributed by atoms with Gasteiger partial charge in [-0.1, -0.05) is 6.07 Å². The van der Waals surface area contributed by atoms with Crippen molar-refractivity contribution in [2.45, 2.75) is 19.3 Å². The molecule has 1 aromatic carbocycles. The van der Waals surface area contributed by atoms with Crippen LogP contribution in [0.1, 0.15) is 17.3 Å². The topological polar surface area (TPSA) is 60.6 Å². The average Bonchev–Trinajstić information content (AvgIpc) is 2.95. The minimum absolute atomic E-state index is 0.0947. The summed E-state index contributed by atoms with van der Waals surface area (Å²) in [5.41, 5.74) is 0.903. The van der Waals surface area contributed by atoms with Crippen LogP contribution >= 0.6 is 0 Å². The number of aromatic nitrogens is 2. The van der Waals surface area contributed by atoms with Crippen LogP contribution in [0.4, 0.5) is 13.2 Å². The number of hydrogen-bond acceptors (Lipinski definition) is 6. The molecule has 0 saturated heterocycles. The second kappa shape index (κ2) is 6.86.